The van der Waals surface area contributed by atoms with E-state index in [0.29, 0.717) is 5.75 Å². The van der Waals surface area contributed by atoms with Crippen LogP contribution in [0.2, 0.25) is 0 Å². The molecule has 0 aromatic heterocycles. The molecule has 5 heteroatoms. The van der Waals surface area contributed by atoms with E-state index < -0.39 is 7.82 Å². The van der Waals surface area contributed by atoms with Crippen molar-refractivity contribution in [2.45, 2.75) is 103 Å². The highest BCUT2D eigenvalue weighted by molar-refractivity contribution is 7.46. The van der Waals surface area contributed by atoms with Crippen molar-refractivity contribution in [1.29, 1.82) is 0 Å². The molecule has 29 heavy (non-hydrogen) atoms. The van der Waals surface area contributed by atoms with Gasteiger partial charge in [-0.2, -0.15) is 0 Å². The maximum atomic E-state index is 11.0. The summed E-state index contributed by atoms with van der Waals surface area (Å²) in [6.45, 7) is 2.26. The Bertz CT molecular complexity index is 594. The molecule has 0 aliphatic carbocycles. The number of unbranched alkanes of at least 4 members (excludes halogenated alkanes) is 12. The van der Waals surface area contributed by atoms with E-state index in [0.717, 1.165) is 24.8 Å². The van der Waals surface area contributed by atoms with Gasteiger partial charge in [0.05, 0.1) is 0 Å². The van der Waals surface area contributed by atoms with Gasteiger partial charge in [-0.15, -0.1) is 0 Å². The van der Waals surface area contributed by atoms with E-state index in [1.165, 1.54) is 77.0 Å². The second kappa shape index (κ2) is 16.7. The Labute approximate surface area is 178 Å². The van der Waals surface area contributed by atoms with E-state index in [-0.39, 0.29) is 0 Å². The summed E-state index contributed by atoms with van der Waals surface area (Å²) >= 11 is 0. The molecule has 0 spiro atoms. The van der Waals surface area contributed by atoms with Gasteiger partial charge < -0.3 is 4.52 Å². The topological polar surface area (TPSA) is 66.8 Å². The van der Waals surface area contributed by atoms with Crippen LogP contribution in [-0.4, -0.2) is 9.79 Å². The lowest BCUT2D eigenvalue weighted by Gasteiger charge is -2.11. The maximum absolute atomic E-state index is 11.0. The Morgan fingerprint density at radius 3 is 1.90 bits per heavy atom. The molecule has 0 saturated heterocycles. The fourth-order valence-corrected chi connectivity index (χ4v) is 3.92. The van der Waals surface area contributed by atoms with Crippen LogP contribution in [-0.2, 0) is 11.0 Å². The number of para-hydroxylation sites is 1. The molecule has 0 radical (unpaired) electrons. The summed E-state index contributed by atoms with van der Waals surface area (Å²) in [4.78, 5) is 18.0. The van der Waals surface area contributed by atoms with Gasteiger partial charge in [0.2, 0.25) is 0 Å². The molecule has 0 aliphatic heterocycles. The fourth-order valence-electron chi connectivity index (χ4n) is 3.49. The van der Waals surface area contributed by atoms with Gasteiger partial charge in [-0.25, -0.2) is 4.57 Å². The standard InChI is InChI=1S/C24H41O4P/c1-2-3-4-5-6-7-8-9-10-11-12-13-14-15-16-17-20-23-21-18-19-22-24(23)28-29(25,26)27/h9-10,18-19,21-22H,2-8,11-17,20H2,1H3,(H2,25,26,27). The molecule has 4 nitrogen and oxygen atoms in total. The molecule has 0 heterocycles. The SMILES string of the molecule is CCCCCCCCC=CCCCCCCCCc1ccccc1OP(=O)(O)O. The van der Waals surface area contributed by atoms with Crippen LogP contribution < -0.4 is 4.52 Å². The molecule has 0 fully saturated rings. The minimum Gasteiger partial charge on any atom is -0.404 e. The highest BCUT2D eigenvalue weighted by atomic mass is 31.2. The van der Waals surface area contributed by atoms with E-state index in [2.05, 4.69) is 19.1 Å². The van der Waals surface area contributed by atoms with Crippen molar-refractivity contribution < 1.29 is 18.9 Å². The number of phosphoric ester groups is 1. The zero-order chi connectivity index (χ0) is 21.2. The van der Waals surface area contributed by atoms with Gasteiger partial charge >= 0.3 is 7.82 Å². The summed E-state index contributed by atoms with van der Waals surface area (Å²) in [6.07, 6.45) is 23.3. The predicted molar refractivity (Wildman–Crippen MR) is 122 cm³/mol. The van der Waals surface area contributed by atoms with E-state index in [1.54, 1.807) is 12.1 Å². The van der Waals surface area contributed by atoms with Crippen molar-refractivity contribution in [1.82, 2.24) is 0 Å². The normalized spacial score (nSPS) is 12.0. The Morgan fingerprint density at radius 2 is 1.31 bits per heavy atom. The quantitative estimate of drug-likeness (QED) is 0.144. The summed E-state index contributed by atoms with van der Waals surface area (Å²) in [6, 6.07) is 7.11. The van der Waals surface area contributed by atoms with Gasteiger partial charge in [0, 0.05) is 0 Å². The molecule has 0 unspecified atom stereocenters. The number of rotatable bonds is 18. The number of hydrogen-bond acceptors (Lipinski definition) is 2. The first-order valence-corrected chi connectivity index (χ1v) is 13.0. The minimum atomic E-state index is -4.50. The van der Waals surface area contributed by atoms with Crippen LogP contribution in [0.5, 0.6) is 5.75 Å². The molecule has 2 N–H and O–H groups in total. The third kappa shape index (κ3) is 15.4. The van der Waals surface area contributed by atoms with E-state index in [4.69, 9.17) is 14.3 Å². The zero-order valence-corrected chi connectivity index (χ0v) is 19.1. The summed E-state index contributed by atoms with van der Waals surface area (Å²) in [5.74, 6) is 0.300. The van der Waals surface area contributed by atoms with Gasteiger partial charge in [0.1, 0.15) is 5.75 Å². The Kier molecular flexibility index (Phi) is 14.9. The molecular weight excluding hydrogens is 383 g/mol. The van der Waals surface area contributed by atoms with Crippen LogP contribution in [0.15, 0.2) is 36.4 Å². The average Bonchev–Trinajstić information content (AvgIpc) is 2.67. The van der Waals surface area contributed by atoms with E-state index >= 15 is 0 Å². The van der Waals surface area contributed by atoms with Crippen LogP contribution in [0.25, 0.3) is 0 Å². The summed E-state index contributed by atoms with van der Waals surface area (Å²) in [5.41, 5.74) is 0.867. The molecule has 0 atom stereocenters. The summed E-state index contributed by atoms with van der Waals surface area (Å²) in [7, 11) is -4.50. The van der Waals surface area contributed by atoms with Crippen LogP contribution in [0.3, 0.4) is 0 Å². The van der Waals surface area contributed by atoms with Crippen LogP contribution >= 0.6 is 7.82 Å². The largest absolute Gasteiger partial charge is 0.524 e. The monoisotopic (exact) mass is 424 g/mol. The second-order valence-corrected chi connectivity index (χ2v) is 9.04. The van der Waals surface area contributed by atoms with Gasteiger partial charge in [0.25, 0.3) is 0 Å². The zero-order valence-electron chi connectivity index (χ0n) is 18.2. The third-order valence-electron chi connectivity index (χ3n) is 5.15. The minimum absolute atomic E-state index is 0.300. The number of allylic oxidation sites excluding steroid dienone is 2. The van der Waals surface area contributed by atoms with Crippen molar-refractivity contribution in [3.05, 3.63) is 42.0 Å². The third-order valence-corrected chi connectivity index (χ3v) is 5.58. The van der Waals surface area contributed by atoms with Crippen molar-refractivity contribution in [3.8, 4) is 5.75 Å². The lowest BCUT2D eigenvalue weighted by atomic mass is 10.0. The molecule has 1 aromatic carbocycles. The van der Waals surface area contributed by atoms with Gasteiger partial charge in [-0.1, -0.05) is 95.1 Å². The van der Waals surface area contributed by atoms with Crippen molar-refractivity contribution in [2.75, 3.05) is 0 Å². The van der Waals surface area contributed by atoms with E-state index in [1.807, 2.05) is 12.1 Å². The van der Waals surface area contributed by atoms with Gasteiger partial charge in [-0.05, 0) is 50.2 Å². The van der Waals surface area contributed by atoms with Gasteiger partial charge in [-0.3, -0.25) is 9.79 Å². The smallest absolute Gasteiger partial charge is 0.404 e. The average molecular weight is 425 g/mol. The molecular formula is C24H41O4P. The Balaban J connectivity index is 1.98. The van der Waals surface area contributed by atoms with E-state index in [9.17, 15) is 4.57 Å². The Hall–Kier alpha value is -1.09. The Morgan fingerprint density at radius 1 is 0.793 bits per heavy atom. The molecule has 0 bridgehead atoms. The molecule has 0 aliphatic rings. The highest BCUT2D eigenvalue weighted by Crippen LogP contribution is 2.39. The van der Waals surface area contributed by atoms with Crippen molar-refractivity contribution in [2.24, 2.45) is 0 Å². The number of benzene rings is 1. The first-order chi connectivity index (χ1) is 14.0. The van der Waals surface area contributed by atoms with Gasteiger partial charge in [0.15, 0.2) is 0 Å². The lowest BCUT2D eigenvalue weighted by Crippen LogP contribution is -1.95. The van der Waals surface area contributed by atoms with Crippen molar-refractivity contribution >= 4 is 7.82 Å². The number of aryl methyl sites for hydroxylation is 1. The highest BCUT2D eigenvalue weighted by Gasteiger charge is 2.17. The summed E-state index contributed by atoms with van der Waals surface area (Å²) < 4.78 is 15.8. The summed E-state index contributed by atoms with van der Waals surface area (Å²) in [5, 5.41) is 0. The molecule has 1 aromatic rings. The fraction of sp³-hybridized carbons (Fsp3) is 0.667. The van der Waals surface area contributed by atoms with Crippen LogP contribution in [0, 0.1) is 0 Å². The number of hydrogen-bond donors (Lipinski definition) is 2. The molecule has 0 saturated carbocycles. The molecule has 0 amide bonds. The number of phosphoric acid groups is 1. The molecule has 166 valence electrons. The lowest BCUT2D eigenvalue weighted by molar-refractivity contribution is 0.282. The van der Waals surface area contributed by atoms with Crippen LogP contribution in [0.1, 0.15) is 102 Å². The molecule has 1 rings (SSSR count). The van der Waals surface area contributed by atoms with Crippen molar-refractivity contribution in [3.63, 3.8) is 0 Å². The predicted octanol–water partition coefficient (Wildman–Crippen LogP) is 7.74. The first-order valence-electron chi connectivity index (χ1n) is 11.5. The maximum Gasteiger partial charge on any atom is 0.524 e. The van der Waals surface area contributed by atoms with Crippen LogP contribution in [0.4, 0.5) is 0 Å². The second-order valence-electron chi connectivity index (χ2n) is 7.88. The first kappa shape index (κ1) is 25.9.